The second kappa shape index (κ2) is 8.70. The van der Waals surface area contributed by atoms with Gasteiger partial charge in [0.2, 0.25) is 5.91 Å². The Kier molecular flexibility index (Phi) is 6.07. The van der Waals surface area contributed by atoms with Crippen molar-refractivity contribution in [3.05, 3.63) is 94.3 Å². The van der Waals surface area contributed by atoms with E-state index in [1.54, 1.807) is 12.1 Å². The van der Waals surface area contributed by atoms with Gasteiger partial charge in [0.05, 0.1) is 11.3 Å². The average molecular weight is 429 g/mol. The number of nitro benzene ring substituents is 1. The Bertz CT molecular complexity index is 1180. The smallest absolute Gasteiger partial charge is 0.289 e. The number of amides is 1. The molecule has 154 valence electrons. The van der Waals surface area contributed by atoms with E-state index in [1.165, 1.54) is 48.5 Å². The predicted molar refractivity (Wildman–Crippen MR) is 109 cm³/mol. The lowest BCUT2D eigenvalue weighted by Crippen LogP contribution is -2.15. The SMILES string of the molecule is O=C(Cc1ccc(NS(=O)(=O)c2ccccc2[N+](=O)[O-])cc1)Nc1ccc(F)cc1. The van der Waals surface area contributed by atoms with Gasteiger partial charge in [-0.05, 0) is 48.0 Å². The second-order valence-corrected chi connectivity index (χ2v) is 7.91. The highest BCUT2D eigenvalue weighted by molar-refractivity contribution is 7.92. The van der Waals surface area contributed by atoms with Gasteiger partial charge in [-0.1, -0.05) is 24.3 Å². The third-order valence-corrected chi connectivity index (χ3v) is 5.48. The number of nitrogens with one attached hydrogen (secondary N) is 2. The zero-order valence-electron chi connectivity index (χ0n) is 15.4. The van der Waals surface area contributed by atoms with Crippen LogP contribution in [0.5, 0.6) is 0 Å². The summed E-state index contributed by atoms with van der Waals surface area (Å²) in [6.07, 6.45) is 0.0224. The van der Waals surface area contributed by atoms with Crippen molar-refractivity contribution in [2.24, 2.45) is 0 Å². The molecule has 3 rings (SSSR count). The summed E-state index contributed by atoms with van der Waals surface area (Å²) in [4.78, 5) is 21.9. The van der Waals surface area contributed by atoms with E-state index in [9.17, 15) is 27.7 Å². The summed E-state index contributed by atoms with van der Waals surface area (Å²) in [5.41, 5.74) is 0.730. The zero-order chi connectivity index (χ0) is 21.7. The molecule has 0 saturated heterocycles. The number of para-hydroxylation sites is 1. The number of nitrogens with zero attached hydrogens (tertiary/aromatic N) is 1. The molecule has 0 heterocycles. The summed E-state index contributed by atoms with van der Waals surface area (Å²) in [6, 6.07) is 16.4. The molecule has 0 aliphatic rings. The van der Waals surface area contributed by atoms with E-state index in [0.29, 0.717) is 11.3 Å². The maximum Gasteiger partial charge on any atom is 0.289 e. The maximum absolute atomic E-state index is 12.9. The van der Waals surface area contributed by atoms with E-state index in [4.69, 9.17) is 0 Å². The van der Waals surface area contributed by atoms with Crippen LogP contribution in [0.1, 0.15) is 5.56 Å². The normalized spacial score (nSPS) is 11.0. The lowest BCUT2D eigenvalue weighted by molar-refractivity contribution is -0.387. The van der Waals surface area contributed by atoms with Crippen LogP contribution in [0.15, 0.2) is 77.7 Å². The van der Waals surface area contributed by atoms with Crippen molar-refractivity contribution in [2.45, 2.75) is 11.3 Å². The molecule has 2 N–H and O–H groups in total. The molecule has 0 aliphatic heterocycles. The minimum atomic E-state index is -4.17. The molecule has 0 saturated carbocycles. The molecule has 0 fully saturated rings. The molecule has 0 atom stereocenters. The van der Waals surface area contributed by atoms with Gasteiger partial charge in [-0.25, -0.2) is 12.8 Å². The van der Waals surface area contributed by atoms with Crippen LogP contribution < -0.4 is 10.0 Å². The number of rotatable bonds is 7. The van der Waals surface area contributed by atoms with Gasteiger partial charge in [-0.15, -0.1) is 0 Å². The molecular weight excluding hydrogens is 413 g/mol. The minimum Gasteiger partial charge on any atom is -0.326 e. The summed E-state index contributed by atoms with van der Waals surface area (Å²) in [7, 11) is -4.17. The molecule has 3 aromatic carbocycles. The first kappa shape index (κ1) is 20.9. The molecular formula is C20H16FN3O5S. The van der Waals surface area contributed by atoms with Crippen LogP contribution in [-0.2, 0) is 21.2 Å². The fourth-order valence-electron chi connectivity index (χ4n) is 2.66. The van der Waals surface area contributed by atoms with Gasteiger partial charge in [-0.3, -0.25) is 19.6 Å². The molecule has 30 heavy (non-hydrogen) atoms. The van der Waals surface area contributed by atoms with Gasteiger partial charge in [0, 0.05) is 17.4 Å². The summed E-state index contributed by atoms with van der Waals surface area (Å²) in [5, 5.41) is 13.7. The molecule has 1 amide bonds. The van der Waals surface area contributed by atoms with E-state index in [1.807, 2.05) is 0 Å². The Morgan fingerprint density at radius 3 is 2.17 bits per heavy atom. The number of anilines is 2. The molecule has 8 nitrogen and oxygen atoms in total. The minimum absolute atomic E-state index is 0.0224. The van der Waals surface area contributed by atoms with Crippen molar-refractivity contribution >= 4 is 33.0 Å². The van der Waals surface area contributed by atoms with Crippen molar-refractivity contribution in [3.63, 3.8) is 0 Å². The number of carbonyl (C=O) groups excluding carboxylic acids is 1. The number of carbonyl (C=O) groups is 1. The third-order valence-electron chi connectivity index (χ3n) is 4.05. The lowest BCUT2D eigenvalue weighted by atomic mass is 10.1. The molecule has 0 aromatic heterocycles. The standard InChI is InChI=1S/C20H16FN3O5S/c21-15-7-11-16(12-8-15)22-20(25)13-14-5-9-17(10-6-14)23-30(28,29)19-4-2-1-3-18(19)24(26)27/h1-12,23H,13H2,(H,22,25). The van der Waals surface area contributed by atoms with Crippen molar-refractivity contribution in [2.75, 3.05) is 10.0 Å². The Balaban J connectivity index is 1.68. The monoisotopic (exact) mass is 429 g/mol. The number of halogens is 1. The van der Waals surface area contributed by atoms with E-state index >= 15 is 0 Å². The number of hydrogen-bond acceptors (Lipinski definition) is 5. The highest BCUT2D eigenvalue weighted by Gasteiger charge is 2.25. The van der Waals surface area contributed by atoms with Gasteiger partial charge >= 0.3 is 0 Å². The molecule has 10 heteroatoms. The van der Waals surface area contributed by atoms with Crippen molar-refractivity contribution in [1.82, 2.24) is 0 Å². The third kappa shape index (κ3) is 5.17. The van der Waals surface area contributed by atoms with Gasteiger partial charge in [0.25, 0.3) is 15.7 Å². The van der Waals surface area contributed by atoms with Crippen LogP contribution in [0.4, 0.5) is 21.5 Å². The van der Waals surface area contributed by atoms with Gasteiger partial charge in [0.1, 0.15) is 5.82 Å². The number of benzene rings is 3. The quantitative estimate of drug-likeness (QED) is 0.438. The van der Waals surface area contributed by atoms with E-state index < -0.39 is 31.3 Å². The summed E-state index contributed by atoms with van der Waals surface area (Å²) in [6.45, 7) is 0. The number of hydrogen-bond donors (Lipinski definition) is 2. The largest absolute Gasteiger partial charge is 0.326 e. The van der Waals surface area contributed by atoms with Crippen LogP contribution in [0.25, 0.3) is 0 Å². The zero-order valence-corrected chi connectivity index (χ0v) is 16.2. The van der Waals surface area contributed by atoms with Crippen LogP contribution in [0, 0.1) is 15.9 Å². The Hall–Kier alpha value is -3.79. The van der Waals surface area contributed by atoms with E-state index in [0.717, 1.165) is 12.1 Å². The average Bonchev–Trinajstić information content (AvgIpc) is 2.71. The van der Waals surface area contributed by atoms with Gasteiger partial charge in [0.15, 0.2) is 4.90 Å². The summed E-state index contributed by atoms with van der Waals surface area (Å²) in [5.74, 6) is -0.735. The highest BCUT2D eigenvalue weighted by Crippen LogP contribution is 2.25. The van der Waals surface area contributed by atoms with Crippen molar-refractivity contribution in [3.8, 4) is 0 Å². The van der Waals surface area contributed by atoms with Crippen LogP contribution in [0.3, 0.4) is 0 Å². The van der Waals surface area contributed by atoms with E-state index in [2.05, 4.69) is 10.0 Å². The second-order valence-electron chi connectivity index (χ2n) is 6.26. The molecule has 0 bridgehead atoms. The lowest BCUT2D eigenvalue weighted by Gasteiger charge is -2.09. The van der Waals surface area contributed by atoms with Crippen LogP contribution in [-0.4, -0.2) is 19.2 Å². The molecule has 0 spiro atoms. The first-order chi connectivity index (χ1) is 14.2. The van der Waals surface area contributed by atoms with Gasteiger partial charge < -0.3 is 5.32 Å². The molecule has 0 radical (unpaired) electrons. The fraction of sp³-hybridized carbons (Fsp3) is 0.0500. The first-order valence-electron chi connectivity index (χ1n) is 8.65. The Labute approximate surface area is 171 Å². The molecule has 3 aromatic rings. The highest BCUT2D eigenvalue weighted by atomic mass is 32.2. The van der Waals surface area contributed by atoms with E-state index in [-0.39, 0.29) is 18.0 Å². The number of nitro groups is 1. The maximum atomic E-state index is 12.9. The van der Waals surface area contributed by atoms with Gasteiger partial charge in [-0.2, -0.15) is 0 Å². The summed E-state index contributed by atoms with van der Waals surface area (Å²) >= 11 is 0. The Morgan fingerprint density at radius 1 is 0.933 bits per heavy atom. The number of sulfonamides is 1. The first-order valence-corrected chi connectivity index (χ1v) is 10.1. The fourth-order valence-corrected chi connectivity index (χ4v) is 3.89. The summed E-state index contributed by atoms with van der Waals surface area (Å²) < 4.78 is 40.2. The van der Waals surface area contributed by atoms with Crippen molar-refractivity contribution < 1.29 is 22.5 Å². The van der Waals surface area contributed by atoms with Crippen LogP contribution >= 0.6 is 0 Å². The predicted octanol–water partition coefficient (Wildman–Crippen LogP) is 3.72. The van der Waals surface area contributed by atoms with Crippen molar-refractivity contribution in [1.29, 1.82) is 0 Å². The Morgan fingerprint density at radius 2 is 1.53 bits per heavy atom. The molecule has 0 aliphatic carbocycles. The topological polar surface area (TPSA) is 118 Å². The van der Waals surface area contributed by atoms with Crippen LogP contribution in [0.2, 0.25) is 0 Å². The molecule has 0 unspecified atom stereocenters.